The van der Waals surface area contributed by atoms with E-state index < -0.39 is 0 Å². The Morgan fingerprint density at radius 1 is 1.27 bits per heavy atom. The summed E-state index contributed by atoms with van der Waals surface area (Å²) in [6.45, 7) is 0.407. The maximum Gasteiger partial charge on any atom is 0.255 e. The molecule has 0 saturated carbocycles. The number of fused-ring (bicyclic) bond motifs is 1. The van der Waals surface area contributed by atoms with E-state index in [1.807, 2.05) is 24.3 Å². The predicted octanol–water partition coefficient (Wildman–Crippen LogP) is 1.66. The van der Waals surface area contributed by atoms with Gasteiger partial charge in [0.25, 0.3) is 5.91 Å². The standard InChI is InChI=1S/C19H18BrN3O3/c20-14-5-3-12(4-6-14)18-15-9-22(10-17(25)23(15)16(18)11-24)19(26)13-2-1-7-21-8-13/h1-8,15-16,18,24H,9-11H2/t15-,16-,18-/m0/s1. The topological polar surface area (TPSA) is 73.7 Å². The number of hydrogen-bond acceptors (Lipinski definition) is 4. The van der Waals surface area contributed by atoms with Crippen LogP contribution >= 0.6 is 15.9 Å². The number of aliphatic hydroxyl groups excluding tert-OH is 1. The molecule has 2 fully saturated rings. The van der Waals surface area contributed by atoms with Gasteiger partial charge in [-0.25, -0.2) is 0 Å². The van der Waals surface area contributed by atoms with Crippen LogP contribution in [-0.4, -0.2) is 63.5 Å². The Bertz CT molecular complexity index is 828. The van der Waals surface area contributed by atoms with Gasteiger partial charge in [-0.15, -0.1) is 0 Å². The minimum Gasteiger partial charge on any atom is -0.394 e. The van der Waals surface area contributed by atoms with Crippen LogP contribution in [0.3, 0.4) is 0 Å². The molecule has 6 nitrogen and oxygen atoms in total. The van der Waals surface area contributed by atoms with Crippen LogP contribution in [-0.2, 0) is 4.79 Å². The fourth-order valence-electron chi connectivity index (χ4n) is 4.01. The Morgan fingerprint density at radius 2 is 2.04 bits per heavy atom. The van der Waals surface area contributed by atoms with Crippen molar-refractivity contribution in [2.24, 2.45) is 0 Å². The van der Waals surface area contributed by atoms with Gasteiger partial charge < -0.3 is 14.9 Å². The van der Waals surface area contributed by atoms with Crippen molar-refractivity contribution in [2.75, 3.05) is 19.7 Å². The maximum absolute atomic E-state index is 12.7. The Hall–Kier alpha value is -2.25. The lowest BCUT2D eigenvalue weighted by atomic mass is 9.73. The Balaban J connectivity index is 1.59. The van der Waals surface area contributed by atoms with Gasteiger partial charge in [0.1, 0.15) is 6.54 Å². The molecule has 26 heavy (non-hydrogen) atoms. The molecule has 4 rings (SSSR count). The molecular weight excluding hydrogens is 398 g/mol. The molecule has 0 unspecified atom stereocenters. The summed E-state index contributed by atoms with van der Waals surface area (Å²) in [5.41, 5.74) is 1.55. The molecule has 2 amide bonds. The fourth-order valence-corrected chi connectivity index (χ4v) is 4.28. The lowest BCUT2D eigenvalue weighted by Crippen LogP contribution is -2.73. The second-order valence-corrected chi connectivity index (χ2v) is 7.54. The van der Waals surface area contributed by atoms with Crippen LogP contribution in [0.5, 0.6) is 0 Å². The summed E-state index contributed by atoms with van der Waals surface area (Å²) in [6.07, 6.45) is 3.13. The SMILES string of the molecule is O=C(c1cccnc1)N1CC(=O)N2[C@@H](CO)[C@@H](c3ccc(Br)cc3)[C@@H]2C1. The van der Waals surface area contributed by atoms with Crippen LogP contribution in [0.4, 0.5) is 0 Å². The largest absolute Gasteiger partial charge is 0.394 e. The number of carbonyl (C=O) groups is 2. The van der Waals surface area contributed by atoms with Gasteiger partial charge in [-0.1, -0.05) is 28.1 Å². The van der Waals surface area contributed by atoms with Crippen molar-refractivity contribution in [2.45, 2.75) is 18.0 Å². The zero-order valence-electron chi connectivity index (χ0n) is 14.0. The third kappa shape index (κ3) is 2.81. The highest BCUT2D eigenvalue weighted by molar-refractivity contribution is 9.10. The molecule has 7 heteroatoms. The number of benzene rings is 1. The van der Waals surface area contributed by atoms with Gasteiger partial charge in [0.2, 0.25) is 5.91 Å². The molecular formula is C19H18BrN3O3. The summed E-state index contributed by atoms with van der Waals surface area (Å²) in [5.74, 6) is -0.291. The van der Waals surface area contributed by atoms with Crippen molar-refractivity contribution in [3.8, 4) is 0 Å². The molecule has 3 atom stereocenters. The molecule has 2 aromatic rings. The lowest BCUT2D eigenvalue weighted by Gasteiger charge is -2.58. The summed E-state index contributed by atoms with van der Waals surface area (Å²) < 4.78 is 0.978. The van der Waals surface area contributed by atoms with E-state index in [2.05, 4.69) is 20.9 Å². The van der Waals surface area contributed by atoms with Crippen LogP contribution in [0.2, 0.25) is 0 Å². The first-order chi connectivity index (χ1) is 12.6. The van der Waals surface area contributed by atoms with E-state index in [4.69, 9.17) is 0 Å². The maximum atomic E-state index is 12.7. The van der Waals surface area contributed by atoms with E-state index >= 15 is 0 Å². The van der Waals surface area contributed by atoms with E-state index in [9.17, 15) is 14.7 Å². The van der Waals surface area contributed by atoms with Crippen LogP contribution in [0, 0.1) is 0 Å². The van der Waals surface area contributed by atoms with Crippen molar-refractivity contribution in [1.82, 2.24) is 14.8 Å². The van der Waals surface area contributed by atoms with Gasteiger partial charge in [0, 0.05) is 29.3 Å². The highest BCUT2D eigenvalue weighted by Gasteiger charge is 2.54. The second kappa shape index (κ2) is 6.81. The average molecular weight is 416 g/mol. The highest BCUT2D eigenvalue weighted by atomic mass is 79.9. The Kier molecular flexibility index (Phi) is 4.50. The van der Waals surface area contributed by atoms with E-state index in [1.165, 1.54) is 6.20 Å². The van der Waals surface area contributed by atoms with E-state index in [-0.39, 0.29) is 43.0 Å². The van der Waals surface area contributed by atoms with Crippen molar-refractivity contribution < 1.29 is 14.7 Å². The second-order valence-electron chi connectivity index (χ2n) is 6.62. The summed E-state index contributed by atoms with van der Waals surface area (Å²) in [6, 6.07) is 11.0. The first-order valence-electron chi connectivity index (χ1n) is 8.47. The minimum absolute atomic E-state index is 0.0153. The van der Waals surface area contributed by atoms with Crippen LogP contribution < -0.4 is 0 Å². The summed E-state index contributed by atoms with van der Waals surface area (Å²) >= 11 is 3.43. The van der Waals surface area contributed by atoms with Crippen molar-refractivity contribution in [3.05, 3.63) is 64.4 Å². The van der Waals surface area contributed by atoms with Gasteiger partial charge in [0.15, 0.2) is 0 Å². The van der Waals surface area contributed by atoms with Crippen LogP contribution in [0.1, 0.15) is 21.8 Å². The Morgan fingerprint density at radius 3 is 2.69 bits per heavy atom. The number of rotatable bonds is 3. The zero-order chi connectivity index (χ0) is 18.3. The number of aliphatic hydroxyl groups is 1. The molecule has 134 valence electrons. The number of aromatic nitrogens is 1. The first kappa shape index (κ1) is 17.2. The first-order valence-corrected chi connectivity index (χ1v) is 9.26. The molecule has 1 aromatic heterocycles. The number of hydrogen-bond donors (Lipinski definition) is 1. The number of carbonyl (C=O) groups excluding carboxylic acids is 2. The van der Waals surface area contributed by atoms with Crippen molar-refractivity contribution in [3.63, 3.8) is 0 Å². The van der Waals surface area contributed by atoms with Gasteiger partial charge in [-0.2, -0.15) is 0 Å². The predicted molar refractivity (Wildman–Crippen MR) is 98.5 cm³/mol. The van der Waals surface area contributed by atoms with Crippen molar-refractivity contribution >= 4 is 27.7 Å². The molecule has 0 bridgehead atoms. The molecule has 2 aliphatic heterocycles. The zero-order valence-corrected chi connectivity index (χ0v) is 15.5. The molecule has 1 aromatic carbocycles. The van der Waals surface area contributed by atoms with E-state index in [1.54, 1.807) is 28.1 Å². The lowest BCUT2D eigenvalue weighted by molar-refractivity contribution is -0.159. The molecule has 0 aliphatic carbocycles. The monoisotopic (exact) mass is 415 g/mol. The smallest absolute Gasteiger partial charge is 0.255 e. The highest BCUT2D eigenvalue weighted by Crippen LogP contribution is 2.43. The van der Waals surface area contributed by atoms with Gasteiger partial charge in [0.05, 0.1) is 24.3 Å². The molecule has 2 saturated heterocycles. The number of pyridine rings is 1. The third-order valence-electron chi connectivity index (χ3n) is 5.20. The minimum atomic E-state index is -0.232. The fraction of sp³-hybridized carbons (Fsp3) is 0.316. The summed E-state index contributed by atoms with van der Waals surface area (Å²) in [7, 11) is 0. The van der Waals surface area contributed by atoms with Crippen molar-refractivity contribution in [1.29, 1.82) is 0 Å². The number of halogens is 1. The van der Waals surface area contributed by atoms with Gasteiger partial charge in [-0.3, -0.25) is 14.6 Å². The number of nitrogens with zero attached hydrogens (tertiary/aromatic N) is 3. The molecule has 1 N–H and O–H groups in total. The van der Waals surface area contributed by atoms with Gasteiger partial charge >= 0.3 is 0 Å². The molecule has 2 aliphatic rings. The normalized spacial score (nSPS) is 24.8. The average Bonchev–Trinajstić information content (AvgIpc) is 2.65. The molecule has 0 spiro atoms. The van der Waals surface area contributed by atoms with Crippen LogP contribution in [0.25, 0.3) is 0 Å². The molecule has 3 heterocycles. The summed E-state index contributed by atoms with van der Waals surface area (Å²) in [5, 5.41) is 9.79. The Labute approximate surface area is 159 Å². The van der Waals surface area contributed by atoms with Crippen LogP contribution in [0.15, 0.2) is 53.3 Å². The quantitative estimate of drug-likeness (QED) is 0.826. The van der Waals surface area contributed by atoms with Gasteiger partial charge in [-0.05, 0) is 29.8 Å². The number of piperazine rings is 1. The van der Waals surface area contributed by atoms with E-state index in [0.717, 1.165) is 10.0 Å². The molecule has 0 radical (unpaired) electrons. The third-order valence-corrected chi connectivity index (χ3v) is 5.73. The number of amides is 2. The van der Waals surface area contributed by atoms with E-state index in [0.29, 0.717) is 12.1 Å². The summed E-state index contributed by atoms with van der Waals surface area (Å²) in [4.78, 5) is 32.6.